The lowest BCUT2D eigenvalue weighted by atomic mass is 10.1. The van der Waals surface area contributed by atoms with Crippen LogP contribution >= 0.6 is 31.9 Å². The van der Waals surface area contributed by atoms with Crippen LogP contribution in [0.1, 0.15) is 17.4 Å². The van der Waals surface area contributed by atoms with Crippen LogP contribution in [0.25, 0.3) is 0 Å². The van der Waals surface area contributed by atoms with Crippen LogP contribution in [-0.4, -0.2) is 5.11 Å². The molecule has 0 spiro atoms. The molecule has 0 radical (unpaired) electrons. The Morgan fingerprint density at radius 3 is 2.62 bits per heavy atom. The summed E-state index contributed by atoms with van der Waals surface area (Å²) in [5, 5.41) is 10.0. The number of aliphatic hydroxyl groups excluding tert-OH is 1. The van der Waals surface area contributed by atoms with Gasteiger partial charge in [0.15, 0.2) is 0 Å². The molecule has 16 heavy (non-hydrogen) atoms. The zero-order valence-corrected chi connectivity index (χ0v) is 11.5. The van der Waals surface area contributed by atoms with E-state index in [2.05, 4.69) is 31.9 Å². The smallest absolute Gasteiger partial charge is 0.106 e. The summed E-state index contributed by atoms with van der Waals surface area (Å²) in [6.07, 6.45) is 1.55. The molecule has 84 valence electrons. The summed E-state index contributed by atoms with van der Waals surface area (Å²) in [5.41, 5.74) is 0.867. The molecular formula is C12H10Br2O2. The first-order valence-corrected chi connectivity index (χ1v) is 6.41. The predicted molar refractivity (Wildman–Crippen MR) is 69.2 cm³/mol. The van der Waals surface area contributed by atoms with Gasteiger partial charge in [0, 0.05) is 15.4 Å². The van der Waals surface area contributed by atoms with E-state index in [-0.39, 0.29) is 0 Å². The Balaban J connectivity index is 2.14. The van der Waals surface area contributed by atoms with Gasteiger partial charge >= 0.3 is 0 Å². The normalized spacial score (nSPS) is 12.7. The van der Waals surface area contributed by atoms with Crippen molar-refractivity contribution >= 4 is 31.9 Å². The van der Waals surface area contributed by atoms with Crippen molar-refractivity contribution in [3.05, 3.63) is 56.9 Å². The molecule has 0 aliphatic rings. The number of halogens is 2. The molecule has 0 aliphatic heterocycles. The molecule has 1 atom stereocenters. The van der Waals surface area contributed by atoms with Crippen molar-refractivity contribution in [3.63, 3.8) is 0 Å². The third-order valence-electron chi connectivity index (χ3n) is 2.30. The van der Waals surface area contributed by atoms with Gasteiger partial charge in [-0.3, -0.25) is 0 Å². The lowest BCUT2D eigenvalue weighted by Crippen LogP contribution is -2.00. The van der Waals surface area contributed by atoms with Crippen LogP contribution in [0, 0.1) is 0 Å². The largest absolute Gasteiger partial charge is 0.469 e. The maximum absolute atomic E-state index is 10.0. The van der Waals surface area contributed by atoms with Gasteiger partial charge in [-0.05, 0) is 61.7 Å². The number of furan rings is 1. The predicted octanol–water partition coefficient (Wildman–Crippen LogP) is 4.08. The van der Waals surface area contributed by atoms with Crippen LogP contribution < -0.4 is 0 Å². The maximum atomic E-state index is 10.0. The van der Waals surface area contributed by atoms with Gasteiger partial charge in [0.25, 0.3) is 0 Å². The van der Waals surface area contributed by atoms with Crippen molar-refractivity contribution in [1.82, 2.24) is 0 Å². The van der Waals surface area contributed by atoms with Gasteiger partial charge in [-0.25, -0.2) is 0 Å². The van der Waals surface area contributed by atoms with Crippen LogP contribution in [0.3, 0.4) is 0 Å². The van der Waals surface area contributed by atoms with E-state index in [9.17, 15) is 5.11 Å². The molecule has 1 aromatic heterocycles. The highest BCUT2D eigenvalue weighted by Crippen LogP contribution is 2.27. The Kier molecular flexibility index (Phi) is 3.84. The molecule has 2 nitrogen and oxygen atoms in total. The van der Waals surface area contributed by atoms with Crippen LogP contribution in [0.2, 0.25) is 0 Å². The minimum Gasteiger partial charge on any atom is -0.469 e. The van der Waals surface area contributed by atoms with E-state index in [1.165, 1.54) is 0 Å². The second kappa shape index (κ2) is 5.17. The van der Waals surface area contributed by atoms with E-state index in [1.807, 2.05) is 30.3 Å². The molecule has 2 aromatic rings. The van der Waals surface area contributed by atoms with Crippen LogP contribution in [-0.2, 0) is 6.42 Å². The number of rotatable bonds is 3. The molecule has 1 aromatic carbocycles. The summed E-state index contributed by atoms with van der Waals surface area (Å²) in [6, 6.07) is 9.38. The molecular weight excluding hydrogens is 336 g/mol. The van der Waals surface area contributed by atoms with Gasteiger partial charge in [-0.1, -0.05) is 6.07 Å². The molecule has 0 bridgehead atoms. The number of hydrogen-bond acceptors (Lipinski definition) is 2. The highest BCUT2D eigenvalue weighted by molar-refractivity contribution is 9.13. The molecule has 0 fully saturated rings. The molecule has 2 rings (SSSR count). The Morgan fingerprint density at radius 2 is 2.00 bits per heavy atom. The van der Waals surface area contributed by atoms with E-state index in [0.717, 1.165) is 20.3 Å². The van der Waals surface area contributed by atoms with Crippen molar-refractivity contribution < 1.29 is 9.52 Å². The number of benzene rings is 1. The van der Waals surface area contributed by atoms with Crippen molar-refractivity contribution in [3.8, 4) is 0 Å². The summed E-state index contributed by atoms with van der Waals surface area (Å²) in [7, 11) is 0. The monoisotopic (exact) mass is 344 g/mol. The SMILES string of the molecule is OC(Cc1ccco1)c1ccc(Br)c(Br)c1. The maximum Gasteiger partial charge on any atom is 0.106 e. The summed E-state index contributed by atoms with van der Waals surface area (Å²) >= 11 is 6.80. The molecule has 4 heteroatoms. The standard InChI is InChI=1S/C12H10Br2O2/c13-10-4-3-8(6-11(10)14)12(15)7-9-2-1-5-16-9/h1-6,12,15H,7H2. The van der Waals surface area contributed by atoms with E-state index in [0.29, 0.717) is 6.42 Å². The van der Waals surface area contributed by atoms with Gasteiger partial charge in [0.05, 0.1) is 12.4 Å². The van der Waals surface area contributed by atoms with E-state index >= 15 is 0 Å². The highest BCUT2D eigenvalue weighted by Gasteiger charge is 2.11. The molecule has 0 saturated heterocycles. The summed E-state index contributed by atoms with van der Waals surface area (Å²) in [6.45, 7) is 0. The highest BCUT2D eigenvalue weighted by atomic mass is 79.9. The fourth-order valence-corrected chi connectivity index (χ4v) is 2.10. The van der Waals surface area contributed by atoms with Gasteiger partial charge in [-0.15, -0.1) is 0 Å². The average molecular weight is 346 g/mol. The van der Waals surface area contributed by atoms with Crippen molar-refractivity contribution in [2.24, 2.45) is 0 Å². The lowest BCUT2D eigenvalue weighted by molar-refractivity contribution is 0.170. The van der Waals surface area contributed by atoms with Crippen molar-refractivity contribution in [2.75, 3.05) is 0 Å². The van der Waals surface area contributed by atoms with Crippen molar-refractivity contribution in [1.29, 1.82) is 0 Å². The first kappa shape index (κ1) is 11.9. The first-order chi connectivity index (χ1) is 7.66. The zero-order chi connectivity index (χ0) is 11.5. The Bertz CT molecular complexity index is 466. The molecule has 1 N–H and O–H groups in total. The number of hydrogen-bond donors (Lipinski definition) is 1. The van der Waals surface area contributed by atoms with Gasteiger partial charge in [0.2, 0.25) is 0 Å². The molecule has 0 aliphatic carbocycles. The fraction of sp³-hybridized carbons (Fsp3) is 0.167. The molecule has 1 heterocycles. The summed E-state index contributed by atoms with van der Waals surface area (Å²) in [4.78, 5) is 0. The first-order valence-electron chi connectivity index (χ1n) is 4.82. The number of aliphatic hydroxyl groups is 1. The summed E-state index contributed by atoms with van der Waals surface area (Å²) in [5.74, 6) is 0.784. The third kappa shape index (κ3) is 2.75. The van der Waals surface area contributed by atoms with Gasteiger partial charge < -0.3 is 9.52 Å². The van der Waals surface area contributed by atoms with Gasteiger partial charge in [0.1, 0.15) is 5.76 Å². The third-order valence-corrected chi connectivity index (χ3v) is 4.18. The Labute approximate surface area is 111 Å². The van der Waals surface area contributed by atoms with Crippen molar-refractivity contribution in [2.45, 2.75) is 12.5 Å². The topological polar surface area (TPSA) is 33.4 Å². The van der Waals surface area contributed by atoms with E-state index in [1.54, 1.807) is 6.26 Å². The fourth-order valence-electron chi connectivity index (χ4n) is 1.46. The minimum absolute atomic E-state index is 0.487. The second-order valence-electron chi connectivity index (χ2n) is 3.47. The van der Waals surface area contributed by atoms with Crippen LogP contribution in [0.4, 0.5) is 0 Å². The van der Waals surface area contributed by atoms with Crippen LogP contribution in [0.15, 0.2) is 50.0 Å². The van der Waals surface area contributed by atoms with Crippen LogP contribution in [0.5, 0.6) is 0 Å². The quantitative estimate of drug-likeness (QED) is 0.909. The average Bonchev–Trinajstić information content (AvgIpc) is 2.74. The minimum atomic E-state index is -0.546. The molecule has 1 unspecified atom stereocenters. The van der Waals surface area contributed by atoms with E-state index < -0.39 is 6.10 Å². The zero-order valence-electron chi connectivity index (χ0n) is 8.36. The molecule has 0 saturated carbocycles. The van der Waals surface area contributed by atoms with Gasteiger partial charge in [-0.2, -0.15) is 0 Å². The lowest BCUT2D eigenvalue weighted by Gasteiger charge is -2.10. The Morgan fingerprint density at radius 1 is 1.19 bits per heavy atom. The molecule has 0 amide bonds. The summed E-state index contributed by atoms with van der Waals surface area (Å²) < 4.78 is 7.11. The second-order valence-corrected chi connectivity index (χ2v) is 5.18. The van der Waals surface area contributed by atoms with E-state index in [4.69, 9.17) is 4.42 Å². The Hall–Kier alpha value is -0.580.